The van der Waals surface area contributed by atoms with E-state index in [0.717, 1.165) is 12.8 Å². The Kier molecular flexibility index (Phi) is 8.31. The Hall–Kier alpha value is -2.34. The van der Waals surface area contributed by atoms with E-state index in [2.05, 4.69) is 99.7 Å². The fourth-order valence-corrected chi connectivity index (χ4v) is 4.82. The van der Waals surface area contributed by atoms with Crippen LogP contribution in [0.4, 0.5) is 0 Å². The van der Waals surface area contributed by atoms with Gasteiger partial charge in [0, 0.05) is 5.41 Å². The van der Waals surface area contributed by atoms with Crippen LogP contribution in [0.2, 0.25) is 0 Å². The van der Waals surface area contributed by atoms with Gasteiger partial charge in [0.25, 0.3) is 0 Å². The summed E-state index contributed by atoms with van der Waals surface area (Å²) in [5, 5.41) is 0. The maximum absolute atomic E-state index is 2.48. The number of rotatable bonds is 9. The fourth-order valence-electron chi connectivity index (χ4n) is 4.82. The molecule has 0 heteroatoms. The largest absolute Gasteiger partial charge is 0.0874 e. The van der Waals surface area contributed by atoms with Crippen LogP contribution in [0.15, 0.2) is 84.5 Å². The number of allylic oxidation sites excluding steroid dienone is 6. The van der Waals surface area contributed by atoms with E-state index in [1.165, 1.54) is 66.4 Å². The van der Waals surface area contributed by atoms with Crippen LogP contribution < -0.4 is 0 Å². The molecule has 30 heavy (non-hydrogen) atoms. The number of hydrogen-bond donors (Lipinski definition) is 0. The first-order valence-corrected chi connectivity index (χ1v) is 11.9. The molecule has 0 nitrogen and oxygen atoms in total. The number of aryl methyl sites for hydroxylation is 2. The molecule has 0 aromatic heterocycles. The Balaban J connectivity index is 2.00. The van der Waals surface area contributed by atoms with Gasteiger partial charge >= 0.3 is 0 Å². The molecule has 3 rings (SSSR count). The van der Waals surface area contributed by atoms with Crippen LogP contribution in [0, 0.1) is 0 Å². The lowest BCUT2D eigenvalue weighted by Crippen LogP contribution is -2.30. The van der Waals surface area contributed by atoms with Gasteiger partial charge in [0.05, 0.1) is 0 Å². The summed E-state index contributed by atoms with van der Waals surface area (Å²) in [6.07, 6.45) is 21.3. The van der Waals surface area contributed by atoms with E-state index in [1.807, 2.05) is 0 Å². The zero-order valence-corrected chi connectivity index (χ0v) is 19.2. The van der Waals surface area contributed by atoms with Crippen molar-refractivity contribution in [3.63, 3.8) is 0 Å². The average molecular weight is 399 g/mol. The van der Waals surface area contributed by atoms with Gasteiger partial charge < -0.3 is 0 Å². The molecule has 0 fully saturated rings. The average Bonchev–Trinajstić information content (AvgIpc) is 2.79. The molecule has 1 aliphatic carbocycles. The second-order valence-electron chi connectivity index (χ2n) is 8.59. The first-order chi connectivity index (χ1) is 14.7. The third-order valence-corrected chi connectivity index (χ3v) is 6.53. The Morgan fingerprint density at radius 2 is 1.80 bits per heavy atom. The zero-order valence-electron chi connectivity index (χ0n) is 19.2. The van der Waals surface area contributed by atoms with Crippen molar-refractivity contribution in [2.45, 2.75) is 77.6 Å². The second kappa shape index (κ2) is 11.2. The van der Waals surface area contributed by atoms with Gasteiger partial charge in [-0.3, -0.25) is 0 Å². The van der Waals surface area contributed by atoms with E-state index in [0.29, 0.717) is 0 Å². The lowest BCUT2D eigenvalue weighted by atomic mass is 9.65. The van der Waals surface area contributed by atoms with E-state index in [-0.39, 0.29) is 5.41 Å². The van der Waals surface area contributed by atoms with Crippen LogP contribution >= 0.6 is 0 Å². The van der Waals surface area contributed by atoms with Gasteiger partial charge in [-0.25, -0.2) is 0 Å². The van der Waals surface area contributed by atoms with Crippen LogP contribution in [0.25, 0.3) is 0 Å². The van der Waals surface area contributed by atoms with Crippen molar-refractivity contribution in [2.75, 3.05) is 0 Å². The van der Waals surface area contributed by atoms with Crippen molar-refractivity contribution in [1.82, 2.24) is 0 Å². The Morgan fingerprint density at radius 1 is 1.00 bits per heavy atom. The first kappa shape index (κ1) is 22.3. The number of fused-ring (bicyclic) bond motifs is 1. The minimum absolute atomic E-state index is 0.0257. The van der Waals surface area contributed by atoms with Gasteiger partial charge in [0.15, 0.2) is 0 Å². The summed E-state index contributed by atoms with van der Waals surface area (Å²) >= 11 is 0. The molecule has 0 saturated carbocycles. The summed E-state index contributed by atoms with van der Waals surface area (Å²) in [5.74, 6) is 0. The molecular weight excluding hydrogens is 360 g/mol. The normalized spacial score (nSPS) is 19.5. The summed E-state index contributed by atoms with van der Waals surface area (Å²) in [7, 11) is 0. The Morgan fingerprint density at radius 3 is 2.53 bits per heavy atom. The molecule has 0 saturated heterocycles. The van der Waals surface area contributed by atoms with Crippen LogP contribution in [0.1, 0.15) is 81.5 Å². The lowest BCUT2D eigenvalue weighted by Gasteiger charge is -2.38. The van der Waals surface area contributed by atoms with E-state index < -0.39 is 0 Å². The van der Waals surface area contributed by atoms with Crippen LogP contribution in [-0.4, -0.2) is 0 Å². The Bertz CT molecular complexity index is 879. The molecular formula is C30H38. The maximum atomic E-state index is 2.48. The second-order valence-corrected chi connectivity index (χ2v) is 8.59. The highest BCUT2D eigenvalue weighted by atomic mass is 14.4. The lowest BCUT2D eigenvalue weighted by molar-refractivity contribution is 0.513. The summed E-state index contributed by atoms with van der Waals surface area (Å²) in [6.45, 7) is 6.62. The van der Waals surface area contributed by atoms with Gasteiger partial charge in [-0.05, 0) is 73.3 Å². The van der Waals surface area contributed by atoms with Crippen LogP contribution in [-0.2, 0) is 18.3 Å². The zero-order chi connectivity index (χ0) is 21.2. The first-order valence-electron chi connectivity index (χ1n) is 11.9. The molecule has 158 valence electrons. The van der Waals surface area contributed by atoms with Crippen molar-refractivity contribution in [3.8, 4) is 0 Å². The van der Waals surface area contributed by atoms with Gasteiger partial charge in [0.2, 0.25) is 0 Å². The predicted molar refractivity (Wildman–Crippen MR) is 132 cm³/mol. The van der Waals surface area contributed by atoms with E-state index in [1.54, 1.807) is 0 Å². The molecule has 1 atom stereocenters. The molecule has 0 amide bonds. The summed E-state index contributed by atoms with van der Waals surface area (Å²) in [5.41, 5.74) is 7.24. The molecule has 2 aromatic rings. The smallest absolute Gasteiger partial charge is 0.0387 e. The third kappa shape index (κ3) is 5.22. The molecule has 0 N–H and O–H groups in total. The van der Waals surface area contributed by atoms with E-state index in [4.69, 9.17) is 0 Å². The predicted octanol–water partition coefficient (Wildman–Crippen LogP) is 8.51. The van der Waals surface area contributed by atoms with E-state index >= 15 is 0 Å². The fraction of sp³-hybridized carbons (Fsp3) is 0.400. The quantitative estimate of drug-likeness (QED) is 0.293. The third-order valence-electron chi connectivity index (χ3n) is 6.53. The molecule has 0 spiro atoms. The van der Waals surface area contributed by atoms with Crippen LogP contribution in [0.3, 0.4) is 0 Å². The summed E-state index contributed by atoms with van der Waals surface area (Å²) in [4.78, 5) is 0. The molecule has 0 aliphatic heterocycles. The van der Waals surface area contributed by atoms with Crippen LogP contribution in [0.5, 0.6) is 0 Å². The summed E-state index contributed by atoms with van der Waals surface area (Å²) in [6, 6.07) is 18.4. The molecule has 1 unspecified atom stereocenters. The SMILES string of the molecule is C/C=C\C(=C/C=CC1(c2ccc(CC)cc2)CCCc2ccccc21)CCCCC. The Labute approximate surface area is 184 Å². The highest BCUT2D eigenvalue weighted by Crippen LogP contribution is 2.44. The molecule has 0 heterocycles. The van der Waals surface area contributed by atoms with Gasteiger partial charge in [-0.2, -0.15) is 0 Å². The van der Waals surface area contributed by atoms with Crippen molar-refractivity contribution in [1.29, 1.82) is 0 Å². The highest BCUT2D eigenvalue weighted by molar-refractivity contribution is 5.50. The van der Waals surface area contributed by atoms with Crippen molar-refractivity contribution in [2.24, 2.45) is 0 Å². The topological polar surface area (TPSA) is 0 Å². The minimum Gasteiger partial charge on any atom is -0.0874 e. The van der Waals surface area contributed by atoms with Crippen molar-refractivity contribution < 1.29 is 0 Å². The molecule has 0 bridgehead atoms. The molecule has 2 aromatic carbocycles. The minimum atomic E-state index is -0.0257. The van der Waals surface area contributed by atoms with Gasteiger partial charge in [-0.1, -0.05) is 106 Å². The summed E-state index contributed by atoms with van der Waals surface area (Å²) < 4.78 is 0. The number of benzene rings is 2. The number of hydrogen-bond acceptors (Lipinski definition) is 0. The standard InChI is InChI=1S/C30H38/c1-4-7-8-14-26(13-5-2)15-11-23-30(28-21-19-25(6-3)20-22-28)24-12-17-27-16-9-10-18-29(27)30/h5,9-11,13,15-16,18-23H,4,6-8,12,14,17,24H2,1-3H3/b13-5-,23-11?,26-15+. The molecule has 1 aliphatic rings. The highest BCUT2D eigenvalue weighted by Gasteiger charge is 2.35. The number of unbranched alkanes of at least 4 members (excludes halogenated alkanes) is 2. The van der Waals surface area contributed by atoms with Gasteiger partial charge in [-0.15, -0.1) is 0 Å². The maximum Gasteiger partial charge on any atom is 0.0387 e. The monoisotopic (exact) mass is 398 g/mol. The van der Waals surface area contributed by atoms with E-state index in [9.17, 15) is 0 Å². The van der Waals surface area contributed by atoms with Crippen molar-refractivity contribution in [3.05, 3.63) is 107 Å². The van der Waals surface area contributed by atoms with Gasteiger partial charge in [0.1, 0.15) is 0 Å². The van der Waals surface area contributed by atoms with Crippen molar-refractivity contribution >= 4 is 0 Å². The molecule has 0 radical (unpaired) electrons.